The Hall–Kier alpha value is -1.36. The van der Waals surface area contributed by atoms with Crippen LogP contribution in [-0.4, -0.2) is 15.2 Å². The Morgan fingerprint density at radius 2 is 2.00 bits per heavy atom. The van der Waals surface area contributed by atoms with Gasteiger partial charge in [-0.05, 0) is 17.7 Å². The molecule has 0 atom stereocenters. The lowest BCUT2D eigenvalue weighted by atomic mass is 10.1. The predicted molar refractivity (Wildman–Crippen MR) is 57.7 cm³/mol. The van der Waals surface area contributed by atoms with E-state index in [4.69, 9.17) is 5.73 Å². The zero-order valence-electron chi connectivity index (χ0n) is 7.37. The van der Waals surface area contributed by atoms with Gasteiger partial charge in [0, 0.05) is 10.9 Å². The minimum Gasteiger partial charge on any atom is -0.367 e. The lowest BCUT2D eigenvalue weighted by Crippen LogP contribution is -1.91. The van der Waals surface area contributed by atoms with Crippen LogP contribution in [0.5, 0.6) is 0 Å². The second-order valence-electron chi connectivity index (χ2n) is 2.94. The second kappa shape index (κ2) is 3.79. The lowest BCUT2D eigenvalue weighted by molar-refractivity contribution is 0.972. The number of halogens is 1. The first-order valence-corrected chi connectivity index (χ1v) is 4.94. The van der Waals surface area contributed by atoms with Gasteiger partial charge in [-0.3, -0.25) is 5.10 Å². The molecule has 0 bridgehead atoms. The monoisotopic (exact) mass is 252 g/mol. The quantitative estimate of drug-likeness (QED) is 0.856. The number of rotatable bonds is 2. The zero-order chi connectivity index (χ0) is 9.97. The number of hydrogen-bond donors (Lipinski definition) is 2. The third-order valence-electron chi connectivity index (χ3n) is 1.83. The molecule has 1 aromatic heterocycles. The molecule has 2 aromatic rings. The Morgan fingerprint density at radius 1 is 1.29 bits per heavy atom. The van der Waals surface area contributed by atoms with Crippen LogP contribution in [0.1, 0.15) is 11.4 Å². The predicted octanol–water partition coefficient (Wildman–Crippen LogP) is 1.74. The molecule has 5 heteroatoms. The molecular weight excluding hydrogens is 244 g/mol. The average molecular weight is 253 g/mol. The van der Waals surface area contributed by atoms with Gasteiger partial charge in [0.2, 0.25) is 5.95 Å². The van der Waals surface area contributed by atoms with Crippen LogP contribution in [0.3, 0.4) is 0 Å². The fourth-order valence-electron chi connectivity index (χ4n) is 1.18. The summed E-state index contributed by atoms with van der Waals surface area (Å²) in [5.41, 5.74) is 6.57. The topological polar surface area (TPSA) is 67.6 Å². The molecule has 0 saturated heterocycles. The van der Waals surface area contributed by atoms with Crippen molar-refractivity contribution >= 4 is 21.9 Å². The number of nitrogens with zero attached hydrogens (tertiary/aromatic N) is 2. The SMILES string of the molecule is Nc1n[nH]c(Cc2ccc(Br)cc2)n1. The van der Waals surface area contributed by atoms with E-state index in [-0.39, 0.29) is 5.95 Å². The molecular formula is C9H9BrN4. The minimum absolute atomic E-state index is 0.289. The van der Waals surface area contributed by atoms with Gasteiger partial charge in [0.25, 0.3) is 0 Å². The van der Waals surface area contributed by atoms with Gasteiger partial charge in [0.05, 0.1) is 0 Å². The van der Waals surface area contributed by atoms with Crippen molar-refractivity contribution in [2.45, 2.75) is 6.42 Å². The number of benzene rings is 1. The number of anilines is 1. The number of nitrogens with two attached hydrogens (primary N) is 1. The summed E-state index contributed by atoms with van der Waals surface area (Å²) >= 11 is 3.38. The van der Waals surface area contributed by atoms with E-state index in [0.717, 1.165) is 16.7 Å². The highest BCUT2D eigenvalue weighted by atomic mass is 79.9. The molecule has 0 aliphatic rings. The van der Waals surface area contributed by atoms with Gasteiger partial charge in [0.1, 0.15) is 5.82 Å². The molecule has 3 N–H and O–H groups in total. The van der Waals surface area contributed by atoms with Crippen LogP contribution in [0.25, 0.3) is 0 Å². The van der Waals surface area contributed by atoms with Crippen molar-refractivity contribution < 1.29 is 0 Å². The molecule has 0 radical (unpaired) electrons. The highest BCUT2D eigenvalue weighted by molar-refractivity contribution is 9.10. The van der Waals surface area contributed by atoms with E-state index in [1.165, 1.54) is 5.56 Å². The van der Waals surface area contributed by atoms with Crippen LogP contribution in [0.4, 0.5) is 5.95 Å². The summed E-state index contributed by atoms with van der Waals surface area (Å²) in [7, 11) is 0. The molecule has 0 amide bonds. The van der Waals surface area contributed by atoms with E-state index >= 15 is 0 Å². The smallest absolute Gasteiger partial charge is 0.239 e. The molecule has 0 fully saturated rings. The van der Waals surface area contributed by atoms with Gasteiger partial charge >= 0.3 is 0 Å². The van der Waals surface area contributed by atoms with Crippen LogP contribution in [0.2, 0.25) is 0 Å². The first-order chi connectivity index (χ1) is 6.74. The maximum Gasteiger partial charge on any atom is 0.239 e. The molecule has 4 nitrogen and oxygen atoms in total. The van der Waals surface area contributed by atoms with Crippen LogP contribution >= 0.6 is 15.9 Å². The summed E-state index contributed by atoms with van der Waals surface area (Å²) in [6.45, 7) is 0. The van der Waals surface area contributed by atoms with Gasteiger partial charge in [-0.15, -0.1) is 5.10 Å². The van der Waals surface area contributed by atoms with Crippen LogP contribution in [0, 0.1) is 0 Å². The highest BCUT2D eigenvalue weighted by Crippen LogP contribution is 2.12. The van der Waals surface area contributed by atoms with Crippen molar-refractivity contribution in [2.24, 2.45) is 0 Å². The lowest BCUT2D eigenvalue weighted by Gasteiger charge is -1.97. The molecule has 1 aromatic carbocycles. The molecule has 14 heavy (non-hydrogen) atoms. The van der Waals surface area contributed by atoms with Gasteiger partial charge in [0.15, 0.2) is 0 Å². The summed E-state index contributed by atoms with van der Waals surface area (Å²) in [4.78, 5) is 4.03. The van der Waals surface area contributed by atoms with E-state index in [1.54, 1.807) is 0 Å². The summed E-state index contributed by atoms with van der Waals surface area (Å²) in [5.74, 6) is 1.07. The average Bonchev–Trinajstić information content (AvgIpc) is 2.56. The molecule has 0 unspecified atom stereocenters. The van der Waals surface area contributed by atoms with E-state index < -0.39 is 0 Å². The largest absolute Gasteiger partial charge is 0.367 e. The Bertz CT molecular complexity index is 421. The van der Waals surface area contributed by atoms with Crippen molar-refractivity contribution in [1.82, 2.24) is 15.2 Å². The van der Waals surface area contributed by atoms with Crippen LogP contribution in [-0.2, 0) is 6.42 Å². The van der Waals surface area contributed by atoms with Crippen molar-refractivity contribution in [1.29, 1.82) is 0 Å². The van der Waals surface area contributed by atoms with E-state index in [2.05, 4.69) is 31.1 Å². The molecule has 0 aliphatic carbocycles. The first-order valence-electron chi connectivity index (χ1n) is 4.15. The van der Waals surface area contributed by atoms with Gasteiger partial charge in [-0.1, -0.05) is 28.1 Å². The fourth-order valence-corrected chi connectivity index (χ4v) is 1.45. The molecule has 1 heterocycles. The van der Waals surface area contributed by atoms with Crippen molar-refractivity contribution in [3.63, 3.8) is 0 Å². The normalized spacial score (nSPS) is 10.4. The molecule has 0 spiro atoms. The summed E-state index contributed by atoms with van der Waals surface area (Å²) < 4.78 is 1.07. The van der Waals surface area contributed by atoms with Gasteiger partial charge < -0.3 is 5.73 Å². The third-order valence-corrected chi connectivity index (χ3v) is 2.36. The Labute approximate surface area is 89.7 Å². The van der Waals surface area contributed by atoms with Gasteiger partial charge in [-0.25, -0.2) is 0 Å². The number of hydrogen-bond acceptors (Lipinski definition) is 3. The standard InChI is InChI=1S/C9H9BrN4/c10-7-3-1-6(2-4-7)5-8-12-9(11)14-13-8/h1-4H,5H2,(H3,11,12,13,14). The summed E-state index contributed by atoms with van der Waals surface area (Å²) in [5, 5.41) is 6.53. The zero-order valence-corrected chi connectivity index (χ0v) is 8.95. The number of H-pyrrole nitrogens is 1. The second-order valence-corrected chi connectivity index (χ2v) is 3.86. The van der Waals surface area contributed by atoms with Gasteiger partial charge in [-0.2, -0.15) is 4.98 Å². The molecule has 0 aliphatic heterocycles. The van der Waals surface area contributed by atoms with E-state index in [9.17, 15) is 0 Å². The first kappa shape index (κ1) is 9.21. The Balaban J connectivity index is 2.15. The molecule has 2 rings (SSSR count). The summed E-state index contributed by atoms with van der Waals surface area (Å²) in [6.07, 6.45) is 0.720. The Kier molecular flexibility index (Phi) is 2.49. The van der Waals surface area contributed by atoms with E-state index in [0.29, 0.717) is 0 Å². The van der Waals surface area contributed by atoms with Crippen molar-refractivity contribution in [3.8, 4) is 0 Å². The molecule has 72 valence electrons. The van der Waals surface area contributed by atoms with E-state index in [1.807, 2.05) is 24.3 Å². The maximum absolute atomic E-state index is 5.40. The number of aromatic amines is 1. The number of nitrogen functional groups attached to an aromatic ring is 1. The fraction of sp³-hybridized carbons (Fsp3) is 0.111. The minimum atomic E-state index is 0.289. The highest BCUT2D eigenvalue weighted by Gasteiger charge is 2.00. The maximum atomic E-state index is 5.40. The number of nitrogens with one attached hydrogen (secondary N) is 1. The summed E-state index contributed by atoms with van der Waals surface area (Å²) in [6, 6.07) is 8.05. The van der Waals surface area contributed by atoms with Crippen molar-refractivity contribution in [2.75, 3.05) is 5.73 Å². The van der Waals surface area contributed by atoms with Crippen molar-refractivity contribution in [3.05, 3.63) is 40.1 Å². The third kappa shape index (κ3) is 2.11. The number of aromatic nitrogens is 3. The van der Waals surface area contributed by atoms with Crippen LogP contribution in [0.15, 0.2) is 28.7 Å². The van der Waals surface area contributed by atoms with Crippen LogP contribution < -0.4 is 5.73 Å². The molecule has 0 saturated carbocycles. The Morgan fingerprint density at radius 3 is 2.57 bits per heavy atom.